The predicted molar refractivity (Wildman–Crippen MR) is 67.0 cm³/mol. The molecule has 0 aliphatic carbocycles. The molecular formula is C14H19N. The highest BCUT2D eigenvalue weighted by atomic mass is 14.6. The number of hydrogen-bond donors (Lipinski definition) is 0. The minimum absolute atomic E-state index is 0.508. The third kappa shape index (κ3) is 2.79. The molecule has 1 aromatic heterocycles. The number of aromatic nitrogens is 1. The lowest BCUT2D eigenvalue weighted by Crippen LogP contribution is -2.29. The molecule has 0 fully saturated rings. The van der Waals surface area contributed by atoms with Crippen molar-refractivity contribution in [1.82, 2.24) is 4.98 Å². The van der Waals surface area contributed by atoms with Gasteiger partial charge in [-0.3, -0.25) is 4.98 Å². The van der Waals surface area contributed by atoms with E-state index >= 15 is 0 Å². The third-order valence-electron chi connectivity index (χ3n) is 2.44. The fourth-order valence-corrected chi connectivity index (χ4v) is 1.58. The van der Waals surface area contributed by atoms with Crippen LogP contribution in [0.4, 0.5) is 0 Å². The summed E-state index contributed by atoms with van der Waals surface area (Å²) in [5, 5.41) is 2.50. The number of rotatable bonds is 2. The lowest BCUT2D eigenvalue weighted by atomic mass is 10.0. The summed E-state index contributed by atoms with van der Waals surface area (Å²) in [5.41, 5.74) is 1.31. The van der Waals surface area contributed by atoms with E-state index in [0.29, 0.717) is 5.92 Å². The van der Waals surface area contributed by atoms with Crippen LogP contribution >= 0.6 is 0 Å². The molecule has 1 rings (SSSR count). The Kier molecular flexibility index (Phi) is 4.29. The molecule has 0 saturated carbocycles. The van der Waals surface area contributed by atoms with Crippen molar-refractivity contribution < 1.29 is 0 Å². The van der Waals surface area contributed by atoms with Crippen LogP contribution in [0, 0.1) is 0 Å². The Bertz CT molecular complexity index is 453. The molecule has 0 atom stereocenters. The van der Waals surface area contributed by atoms with Crippen LogP contribution in [-0.4, -0.2) is 4.98 Å². The summed E-state index contributed by atoms with van der Waals surface area (Å²) < 4.78 is 0. The number of pyridine rings is 1. The molecule has 1 heterocycles. The highest BCUT2D eigenvalue weighted by Crippen LogP contribution is 2.05. The van der Waals surface area contributed by atoms with E-state index in [1.807, 2.05) is 32.3 Å². The van der Waals surface area contributed by atoms with E-state index < -0.39 is 0 Å². The van der Waals surface area contributed by atoms with Gasteiger partial charge in [0.05, 0.1) is 0 Å². The molecule has 0 aromatic carbocycles. The molecule has 1 heteroatoms. The summed E-state index contributed by atoms with van der Waals surface area (Å²) in [6.07, 6.45) is 12.3. The van der Waals surface area contributed by atoms with E-state index in [2.05, 4.69) is 37.1 Å². The molecule has 0 saturated heterocycles. The molecule has 0 radical (unpaired) electrons. The van der Waals surface area contributed by atoms with Crippen LogP contribution in [0.5, 0.6) is 0 Å². The standard InChI is InChI=1S/C14H19N/c1-5-7-8-13-12(6-2)9-15-10-14(13)11(3)4/h5-11H,1-4H3/b7-5-,12-6-,13-8+. The van der Waals surface area contributed by atoms with Crippen molar-refractivity contribution >= 4 is 12.2 Å². The van der Waals surface area contributed by atoms with Crippen LogP contribution < -0.4 is 10.4 Å². The lowest BCUT2D eigenvalue weighted by Gasteiger charge is -2.05. The molecule has 80 valence electrons. The Balaban J connectivity index is 3.55. The van der Waals surface area contributed by atoms with Crippen LogP contribution in [0.15, 0.2) is 24.5 Å². The normalized spacial score (nSPS) is 14.5. The van der Waals surface area contributed by atoms with Crippen molar-refractivity contribution in [2.24, 2.45) is 0 Å². The van der Waals surface area contributed by atoms with Gasteiger partial charge >= 0.3 is 0 Å². The summed E-state index contributed by atoms with van der Waals surface area (Å²) in [7, 11) is 0. The number of allylic oxidation sites excluding steroid dienone is 2. The number of nitrogens with zero attached hydrogens (tertiary/aromatic N) is 1. The predicted octanol–water partition coefficient (Wildman–Crippen LogP) is 2.36. The molecule has 0 aliphatic rings. The van der Waals surface area contributed by atoms with Gasteiger partial charge in [-0.1, -0.05) is 38.2 Å². The first-order valence-electron chi connectivity index (χ1n) is 5.44. The first-order valence-corrected chi connectivity index (χ1v) is 5.44. The van der Waals surface area contributed by atoms with Crippen molar-refractivity contribution in [3.05, 3.63) is 40.5 Å². The smallest absolute Gasteiger partial charge is 0.0343 e. The van der Waals surface area contributed by atoms with Crippen molar-refractivity contribution in [1.29, 1.82) is 0 Å². The second-order valence-corrected chi connectivity index (χ2v) is 3.87. The SMILES string of the molecule is C\C=C/C=c1/c(C(C)C)cnc/c1=C/C. The highest BCUT2D eigenvalue weighted by Gasteiger charge is 2.01. The zero-order valence-corrected chi connectivity index (χ0v) is 9.99. The summed E-state index contributed by atoms with van der Waals surface area (Å²) >= 11 is 0. The van der Waals surface area contributed by atoms with Crippen molar-refractivity contribution in [3.8, 4) is 0 Å². The second-order valence-electron chi connectivity index (χ2n) is 3.87. The fourth-order valence-electron chi connectivity index (χ4n) is 1.58. The average Bonchev–Trinajstić information content (AvgIpc) is 2.25. The van der Waals surface area contributed by atoms with Crippen LogP contribution in [0.3, 0.4) is 0 Å². The van der Waals surface area contributed by atoms with Gasteiger partial charge in [0.15, 0.2) is 0 Å². The van der Waals surface area contributed by atoms with Crippen molar-refractivity contribution in [2.75, 3.05) is 0 Å². The van der Waals surface area contributed by atoms with Gasteiger partial charge in [-0.15, -0.1) is 0 Å². The van der Waals surface area contributed by atoms with E-state index in [0.717, 1.165) is 0 Å². The van der Waals surface area contributed by atoms with E-state index in [9.17, 15) is 0 Å². The van der Waals surface area contributed by atoms with Crippen LogP contribution in [0.2, 0.25) is 0 Å². The van der Waals surface area contributed by atoms with Gasteiger partial charge in [-0.05, 0) is 35.8 Å². The molecule has 0 unspecified atom stereocenters. The largest absolute Gasteiger partial charge is 0.264 e. The zero-order chi connectivity index (χ0) is 11.3. The Morgan fingerprint density at radius 2 is 1.93 bits per heavy atom. The summed E-state index contributed by atoms with van der Waals surface area (Å²) in [6, 6.07) is 0. The summed E-state index contributed by atoms with van der Waals surface area (Å²) in [5.74, 6) is 0.508. The Hall–Kier alpha value is -1.37. The number of hydrogen-bond acceptors (Lipinski definition) is 1. The van der Waals surface area contributed by atoms with Gasteiger partial charge in [-0.2, -0.15) is 0 Å². The average molecular weight is 201 g/mol. The van der Waals surface area contributed by atoms with Gasteiger partial charge < -0.3 is 0 Å². The molecule has 0 amide bonds. The van der Waals surface area contributed by atoms with E-state index in [-0.39, 0.29) is 0 Å². The Morgan fingerprint density at radius 3 is 2.47 bits per heavy atom. The van der Waals surface area contributed by atoms with Crippen LogP contribution in [-0.2, 0) is 0 Å². The summed E-state index contributed by atoms with van der Waals surface area (Å²) in [4.78, 5) is 4.27. The van der Waals surface area contributed by atoms with E-state index in [1.54, 1.807) is 0 Å². The molecule has 0 aliphatic heterocycles. The zero-order valence-electron chi connectivity index (χ0n) is 9.99. The van der Waals surface area contributed by atoms with Crippen LogP contribution in [0.1, 0.15) is 39.2 Å². The fraction of sp³-hybridized carbons (Fsp3) is 0.357. The first-order chi connectivity index (χ1) is 7.20. The molecule has 1 aromatic rings. The second kappa shape index (κ2) is 5.50. The van der Waals surface area contributed by atoms with Gasteiger partial charge in [0, 0.05) is 12.4 Å². The Morgan fingerprint density at radius 1 is 1.20 bits per heavy atom. The maximum atomic E-state index is 4.27. The highest BCUT2D eigenvalue weighted by molar-refractivity contribution is 5.41. The minimum atomic E-state index is 0.508. The minimum Gasteiger partial charge on any atom is -0.264 e. The Labute approximate surface area is 91.9 Å². The third-order valence-corrected chi connectivity index (χ3v) is 2.44. The molecule has 0 bridgehead atoms. The topological polar surface area (TPSA) is 12.9 Å². The maximum absolute atomic E-state index is 4.27. The molecule has 1 nitrogen and oxygen atoms in total. The maximum Gasteiger partial charge on any atom is 0.0343 e. The first kappa shape index (κ1) is 11.7. The van der Waals surface area contributed by atoms with E-state index in [4.69, 9.17) is 0 Å². The lowest BCUT2D eigenvalue weighted by molar-refractivity contribution is 0.847. The molecular weight excluding hydrogens is 182 g/mol. The monoisotopic (exact) mass is 201 g/mol. The van der Waals surface area contributed by atoms with Gasteiger partial charge in [0.1, 0.15) is 0 Å². The van der Waals surface area contributed by atoms with Crippen molar-refractivity contribution in [2.45, 2.75) is 33.6 Å². The van der Waals surface area contributed by atoms with Gasteiger partial charge in [-0.25, -0.2) is 0 Å². The van der Waals surface area contributed by atoms with E-state index in [1.165, 1.54) is 16.0 Å². The molecule has 15 heavy (non-hydrogen) atoms. The van der Waals surface area contributed by atoms with Crippen molar-refractivity contribution in [3.63, 3.8) is 0 Å². The van der Waals surface area contributed by atoms with Gasteiger partial charge in [0.2, 0.25) is 0 Å². The quantitative estimate of drug-likeness (QED) is 0.716. The molecule has 0 N–H and O–H groups in total. The molecule has 0 spiro atoms. The van der Waals surface area contributed by atoms with Gasteiger partial charge in [0.25, 0.3) is 0 Å². The summed E-state index contributed by atoms with van der Waals surface area (Å²) in [6.45, 7) is 8.48. The van der Waals surface area contributed by atoms with Crippen LogP contribution in [0.25, 0.3) is 12.2 Å².